The minimum atomic E-state index is -0.0740. The van der Waals surface area contributed by atoms with Crippen LogP contribution in [-0.2, 0) is 6.54 Å². The molecule has 94 valence electrons. The fourth-order valence-electron chi connectivity index (χ4n) is 1.64. The van der Waals surface area contributed by atoms with Crippen LogP contribution >= 0.6 is 22.6 Å². The summed E-state index contributed by atoms with van der Waals surface area (Å²) in [4.78, 5) is 15.9. The number of nitrogen functional groups attached to an aromatic ring is 1. The zero-order chi connectivity index (χ0) is 13.1. The third-order valence-corrected chi connectivity index (χ3v) is 3.24. The zero-order valence-corrected chi connectivity index (χ0v) is 11.9. The van der Waals surface area contributed by atoms with Gasteiger partial charge < -0.3 is 10.5 Å². The van der Waals surface area contributed by atoms with Crippen LogP contribution in [0, 0.1) is 3.57 Å². The summed E-state index contributed by atoms with van der Waals surface area (Å²) >= 11 is 1.97. The van der Waals surface area contributed by atoms with E-state index in [0.29, 0.717) is 21.6 Å². The van der Waals surface area contributed by atoms with Crippen LogP contribution in [0.15, 0.2) is 35.5 Å². The highest BCUT2D eigenvalue weighted by molar-refractivity contribution is 14.1. The lowest BCUT2D eigenvalue weighted by Gasteiger charge is -2.11. The second-order valence-electron chi connectivity index (χ2n) is 3.75. The van der Waals surface area contributed by atoms with Crippen molar-refractivity contribution in [3.05, 3.63) is 50.2 Å². The van der Waals surface area contributed by atoms with Gasteiger partial charge in [0.15, 0.2) is 0 Å². The molecule has 0 radical (unpaired) electrons. The summed E-state index contributed by atoms with van der Waals surface area (Å²) in [6.45, 7) is 0.386. The maximum Gasteiger partial charge on any atom is 0.267 e. The van der Waals surface area contributed by atoms with Crippen molar-refractivity contribution in [3.63, 3.8) is 0 Å². The van der Waals surface area contributed by atoms with Gasteiger partial charge in [-0.25, -0.2) is 4.98 Å². The van der Waals surface area contributed by atoms with E-state index in [1.807, 2.05) is 22.6 Å². The molecule has 0 saturated carbocycles. The first-order chi connectivity index (χ1) is 8.61. The SMILES string of the molecule is COc1ccc(N)cc1Cn1cncc(I)c1=O. The second-order valence-corrected chi connectivity index (χ2v) is 4.91. The number of nitrogens with zero attached hydrogens (tertiary/aromatic N) is 2. The quantitative estimate of drug-likeness (QED) is 0.668. The number of hydrogen-bond acceptors (Lipinski definition) is 4. The van der Waals surface area contributed by atoms with Crippen molar-refractivity contribution in [1.82, 2.24) is 9.55 Å². The highest BCUT2D eigenvalue weighted by atomic mass is 127. The molecule has 2 N–H and O–H groups in total. The molecule has 1 aromatic heterocycles. The number of methoxy groups -OCH3 is 1. The zero-order valence-electron chi connectivity index (χ0n) is 9.76. The Balaban J connectivity index is 2.42. The van der Waals surface area contributed by atoms with Gasteiger partial charge in [0.25, 0.3) is 5.56 Å². The van der Waals surface area contributed by atoms with Gasteiger partial charge in [0.1, 0.15) is 5.75 Å². The maximum atomic E-state index is 11.9. The Morgan fingerprint density at radius 3 is 3.00 bits per heavy atom. The van der Waals surface area contributed by atoms with Gasteiger partial charge in [-0.1, -0.05) is 0 Å². The van der Waals surface area contributed by atoms with E-state index in [0.717, 1.165) is 5.56 Å². The molecule has 0 amide bonds. The van der Waals surface area contributed by atoms with Crippen LogP contribution in [0.25, 0.3) is 0 Å². The number of halogens is 1. The van der Waals surface area contributed by atoms with E-state index in [1.54, 1.807) is 25.3 Å². The highest BCUT2D eigenvalue weighted by Crippen LogP contribution is 2.21. The Morgan fingerprint density at radius 2 is 2.28 bits per heavy atom. The molecular formula is C12H12IN3O2. The number of anilines is 1. The van der Waals surface area contributed by atoms with Crippen LogP contribution in [0.3, 0.4) is 0 Å². The number of rotatable bonds is 3. The first-order valence-electron chi connectivity index (χ1n) is 5.24. The predicted octanol–water partition coefficient (Wildman–Crippen LogP) is 1.49. The molecule has 0 saturated heterocycles. The first-order valence-corrected chi connectivity index (χ1v) is 6.32. The molecule has 0 spiro atoms. The molecule has 2 aromatic rings. The van der Waals surface area contributed by atoms with Crippen molar-refractivity contribution in [3.8, 4) is 5.75 Å². The van der Waals surface area contributed by atoms with Gasteiger partial charge in [0.05, 0.1) is 23.6 Å². The molecule has 0 fully saturated rings. The minimum absolute atomic E-state index is 0.0740. The smallest absolute Gasteiger partial charge is 0.267 e. The topological polar surface area (TPSA) is 70.1 Å². The van der Waals surface area contributed by atoms with Crippen LogP contribution in [-0.4, -0.2) is 16.7 Å². The number of ether oxygens (including phenoxy) is 1. The molecule has 6 heteroatoms. The van der Waals surface area contributed by atoms with E-state index in [9.17, 15) is 4.79 Å². The summed E-state index contributed by atoms with van der Waals surface area (Å²) < 4.78 is 7.36. The Hall–Kier alpha value is -1.57. The third kappa shape index (κ3) is 2.63. The summed E-state index contributed by atoms with van der Waals surface area (Å²) in [6, 6.07) is 5.35. The molecule has 18 heavy (non-hydrogen) atoms. The van der Waals surface area contributed by atoms with Crippen LogP contribution in [0.2, 0.25) is 0 Å². The van der Waals surface area contributed by atoms with Gasteiger partial charge in [0, 0.05) is 17.4 Å². The largest absolute Gasteiger partial charge is 0.496 e. The van der Waals surface area contributed by atoms with Gasteiger partial charge in [-0.2, -0.15) is 0 Å². The van der Waals surface area contributed by atoms with Gasteiger partial charge in [-0.3, -0.25) is 9.36 Å². The average Bonchev–Trinajstić information content (AvgIpc) is 2.35. The minimum Gasteiger partial charge on any atom is -0.496 e. The Bertz CT molecular complexity index is 625. The van der Waals surface area contributed by atoms with Gasteiger partial charge in [-0.15, -0.1) is 0 Å². The lowest BCUT2D eigenvalue weighted by molar-refractivity contribution is 0.408. The molecule has 1 heterocycles. The number of benzene rings is 1. The lowest BCUT2D eigenvalue weighted by Crippen LogP contribution is -2.23. The van der Waals surface area contributed by atoms with Crippen LogP contribution < -0.4 is 16.0 Å². The fourth-order valence-corrected chi connectivity index (χ4v) is 2.11. The molecule has 0 unspecified atom stereocenters. The second kappa shape index (κ2) is 5.38. The van der Waals surface area contributed by atoms with E-state index in [1.165, 1.54) is 17.1 Å². The Morgan fingerprint density at radius 1 is 1.50 bits per heavy atom. The molecule has 0 aliphatic carbocycles. The van der Waals surface area contributed by atoms with E-state index in [2.05, 4.69) is 4.98 Å². The van der Waals surface area contributed by atoms with Crippen molar-refractivity contribution >= 4 is 28.3 Å². The van der Waals surface area contributed by atoms with Gasteiger partial charge >= 0.3 is 0 Å². The van der Waals surface area contributed by atoms with E-state index >= 15 is 0 Å². The standard InChI is InChI=1S/C12H12IN3O2/c1-18-11-3-2-9(14)4-8(11)6-16-7-15-5-10(13)12(16)17/h2-5,7H,6,14H2,1H3. The van der Waals surface area contributed by atoms with Crippen molar-refractivity contribution in [2.24, 2.45) is 0 Å². The summed E-state index contributed by atoms with van der Waals surface area (Å²) in [5.74, 6) is 0.704. The van der Waals surface area contributed by atoms with Crippen LogP contribution in [0.4, 0.5) is 5.69 Å². The lowest BCUT2D eigenvalue weighted by atomic mass is 10.1. The molecule has 5 nitrogen and oxygen atoms in total. The third-order valence-electron chi connectivity index (χ3n) is 2.50. The van der Waals surface area contributed by atoms with E-state index in [-0.39, 0.29) is 5.56 Å². The molecule has 0 aliphatic rings. The molecule has 0 atom stereocenters. The average molecular weight is 357 g/mol. The summed E-state index contributed by atoms with van der Waals surface area (Å²) in [7, 11) is 1.59. The van der Waals surface area contributed by atoms with Crippen molar-refractivity contribution in [1.29, 1.82) is 0 Å². The fraction of sp³-hybridized carbons (Fsp3) is 0.167. The molecular weight excluding hydrogens is 345 g/mol. The summed E-state index contributed by atoms with van der Waals surface area (Å²) in [5, 5.41) is 0. The van der Waals surface area contributed by atoms with Crippen molar-refractivity contribution in [2.75, 3.05) is 12.8 Å². The molecule has 0 bridgehead atoms. The summed E-state index contributed by atoms with van der Waals surface area (Å²) in [6.07, 6.45) is 3.04. The number of hydrogen-bond donors (Lipinski definition) is 1. The number of aromatic nitrogens is 2. The van der Waals surface area contributed by atoms with Crippen molar-refractivity contribution in [2.45, 2.75) is 6.54 Å². The van der Waals surface area contributed by atoms with Gasteiger partial charge in [0.2, 0.25) is 0 Å². The number of nitrogens with two attached hydrogens (primary N) is 1. The van der Waals surface area contributed by atoms with Crippen LogP contribution in [0.1, 0.15) is 5.56 Å². The van der Waals surface area contributed by atoms with E-state index in [4.69, 9.17) is 10.5 Å². The molecule has 2 rings (SSSR count). The first kappa shape index (κ1) is 12.9. The van der Waals surface area contributed by atoms with Crippen molar-refractivity contribution < 1.29 is 4.74 Å². The monoisotopic (exact) mass is 357 g/mol. The van der Waals surface area contributed by atoms with E-state index < -0.39 is 0 Å². The predicted molar refractivity (Wildman–Crippen MR) is 77.7 cm³/mol. The highest BCUT2D eigenvalue weighted by Gasteiger charge is 2.07. The molecule has 1 aromatic carbocycles. The Labute approximate surface area is 118 Å². The normalized spacial score (nSPS) is 10.3. The van der Waals surface area contributed by atoms with Crippen LogP contribution in [0.5, 0.6) is 5.75 Å². The Kier molecular flexibility index (Phi) is 3.85. The molecule has 0 aliphatic heterocycles. The maximum absolute atomic E-state index is 11.9. The van der Waals surface area contributed by atoms with Gasteiger partial charge in [-0.05, 0) is 40.8 Å². The summed E-state index contributed by atoms with van der Waals surface area (Å²) in [5.41, 5.74) is 7.16.